The third kappa shape index (κ3) is 6.36. The monoisotopic (exact) mass is 557 g/mol. The van der Waals surface area contributed by atoms with Crippen molar-refractivity contribution in [2.24, 2.45) is 4.99 Å². The maximum absolute atomic E-state index is 12.4. The summed E-state index contributed by atoms with van der Waals surface area (Å²) in [5.41, 5.74) is 0.612. The van der Waals surface area contributed by atoms with Crippen LogP contribution in [0.4, 0.5) is 0 Å². The fourth-order valence-electron chi connectivity index (χ4n) is 2.63. The van der Waals surface area contributed by atoms with Gasteiger partial charge in [-0.25, -0.2) is 9.79 Å². The molecule has 0 saturated carbocycles. The Bertz CT molecular complexity index is 967. The third-order valence-corrected chi connectivity index (χ3v) is 5.78. The molecular formula is C22H24INO6S. The number of halogens is 1. The van der Waals surface area contributed by atoms with E-state index in [1.165, 1.54) is 7.11 Å². The number of benzene rings is 1. The van der Waals surface area contributed by atoms with Gasteiger partial charge in [-0.3, -0.25) is 4.79 Å². The topological polar surface area (TPSA) is 94.4 Å². The number of carbonyl (C=O) groups excluding carboxylic acids is 2. The van der Waals surface area contributed by atoms with Crippen LogP contribution in [0.15, 0.2) is 46.0 Å². The van der Waals surface area contributed by atoms with Crippen LogP contribution in [0.2, 0.25) is 0 Å². The number of thioether (sulfide) groups is 1. The first-order chi connectivity index (χ1) is 14.9. The Hall–Kier alpha value is -2.27. The molecule has 31 heavy (non-hydrogen) atoms. The van der Waals surface area contributed by atoms with Crippen molar-refractivity contribution in [1.29, 1.82) is 0 Å². The highest BCUT2D eigenvalue weighted by Crippen LogP contribution is 2.41. The molecule has 0 atom stereocenters. The van der Waals surface area contributed by atoms with Crippen molar-refractivity contribution in [3.8, 4) is 11.5 Å². The molecule has 0 unspecified atom stereocenters. The number of hydrogen-bond acceptors (Lipinski definition) is 7. The van der Waals surface area contributed by atoms with Crippen molar-refractivity contribution >= 4 is 57.3 Å². The number of nitrogens with zero attached hydrogens (tertiary/aromatic N) is 1. The van der Waals surface area contributed by atoms with Crippen molar-refractivity contribution < 1.29 is 28.9 Å². The Morgan fingerprint density at radius 2 is 2.06 bits per heavy atom. The van der Waals surface area contributed by atoms with Gasteiger partial charge in [0, 0.05) is 6.42 Å². The molecule has 0 aromatic heterocycles. The lowest BCUT2D eigenvalue weighted by Crippen LogP contribution is -2.14. The fourth-order valence-corrected chi connectivity index (χ4v) is 4.44. The number of carbonyl (C=O) groups is 2. The maximum Gasteiger partial charge on any atom is 0.344 e. The summed E-state index contributed by atoms with van der Waals surface area (Å²) in [5, 5.41) is 10.8. The number of hydrogen-bond donors (Lipinski definition) is 1. The second-order valence-corrected chi connectivity index (χ2v) is 8.44. The van der Waals surface area contributed by atoms with Crippen LogP contribution in [0.3, 0.4) is 0 Å². The molecule has 1 aliphatic heterocycles. The van der Waals surface area contributed by atoms with Crippen molar-refractivity contribution in [2.75, 3.05) is 20.3 Å². The van der Waals surface area contributed by atoms with Gasteiger partial charge in [0.1, 0.15) is 23.0 Å². The van der Waals surface area contributed by atoms with Crippen molar-refractivity contribution in [2.45, 2.75) is 26.7 Å². The third-order valence-electron chi connectivity index (χ3n) is 3.96. The molecule has 2 rings (SSSR count). The summed E-state index contributed by atoms with van der Waals surface area (Å²) in [6.45, 7) is 7.64. The van der Waals surface area contributed by atoms with Crippen LogP contribution < -0.4 is 9.47 Å². The van der Waals surface area contributed by atoms with E-state index in [0.717, 1.165) is 15.3 Å². The number of aliphatic hydroxyl groups excluding tert-OH is 1. The van der Waals surface area contributed by atoms with E-state index in [0.29, 0.717) is 35.0 Å². The van der Waals surface area contributed by atoms with E-state index < -0.39 is 5.97 Å². The highest BCUT2D eigenvalue weighted by Gasteiger charge is 2.33. The summed E-state index contributed by atoms with van der Waals surface area (Å²) < 4.78 is 16.9. The molecule has 1 N–H and O–H groups in total. The number of rotatable bonds is 9. The van der Waals surface area contributed by atoms with Crippen LogP contribution in [0.1, 0.15) is 32.3 Å². The van der Waals surface area contributed by atoms with Crippen molar-refractivity contribution in [1.82, 2.24) is 0 Å². The van der Waals surface area contributed by atoms with Gasteiger partial charge in [-0.15, -0.1) is 0 Å². The summed E-state index contributed by atoms with van der Waals surface area (Å²) >= 11 is 3.17. The van der Waals surface area contributed by atoms with E-state index in [2.05, 4.69) is 34.2 Å². The van der Waals surface area contributed by atoms with Gasteiger partial charge in [-0.05, 0) is 59.7 Å². The van der Waals surface area contributed by atoms with Gasteiger partial charge in [0.15, 0.2) is 11.5 Å². The average molecular weight is 557 g/mol. The molecular weight excluding hydrogens is 533 g/mol. The number of ether oxygens (including phenoxy) is 3. The summed E-state index contributed by atoms with van der Waals surface area (Å²) in [4.78, 5) is 28.8. The largest absolute Gasteiger partial charge is 0.506 e. The molecule has 0 saturated heterocycles. The van der Waals surface area contributed by atoms with Crippen LogP contribution in [-0.4, -0.2) is 42.4 Å². The standard InChI is InChI=1S/C22H24INO6S/c1-5-8-17(25)24-21-18(22(27)29-7-3)19(26)16(31-21)12-13-10-14(23)20(30-9-6-2)15(11-13)28-4/h6,10-12,26H,2,5,7-9H2,1,3-4H3/b16-12-,24-21?. The number of methoxy groups -OCH3 is 1. The Balaban J connectivity index is 2.49. The summed E-state index contributed by atoms with van der Waals surface area (Å²) in [6.07, 6.45) is 4.21. The van der Waals surface area contributed by atoms with Crippen LogP contribution in [0, 0.1) is 3.57 Å². The lowest BCUT2D eigenvalue weighted by atomic mass is 10.1. The minimum absolute atomic E-state index is 0.102. The molecule has 166 valence electrons. The fraction of sp³-hybridized carbons (Fsp3) is 0.318. The molecule has 0 bridgehead atoms. The van der Waals surface area contributed by atoms with Gasteiger partial charge in [-0.2, -0.15) is 0 Å². The molecule has 0 spiro atoms. The number of esters is 1. The molecule has 7 nitrogen and oxygen atoms in total. The predicted molar refractivity (Wildman–Crippen MR) is 131 cm³/mol. The maximum atomic E-state index is 12.4. The highest BCUT2D eigenvalue weighted by molar-refractivity contribution is 14.1. The van der Waals surface area contributed by atoms with E-state index in [1.807, 2.05) is 13.0 Å². The van der Waals surface area contributed by atoms with Crippen LogP contribution in [0.5, 0.6) is 11.5 Å². The van der Waals surface area contributed by atoms with Gasteiger partial charge in [0.05, 0.1) is 22.2 Å². The van der Waals surface area contributed by atoms with Crippen molar-refractivity contribution in [3.63, 3.8) is 0 Å². The smallest absolute Gasteiger partial charge is 0.344 e. The molecule has 1 amide bonds. The first kappa shape index (κ1) is 25.0. The van der Waals surface area contributed by atoms with Crippen LogP contribution in [0.25, 0.3) is 6.08 Å². The first-order valence-electron chi connectivity index (χ1n) is 9.59. The van der Waals surface area contributed by atoms with Gasteiger partial charge in [-0.1, -0.05) is 31.3 Å². The normalized spacial score (nSPS) is 16.0. The average Bonchev–Trinajstić information content (AvgIpc) is 3.01. The molecule has 1 aromatic carbocycles. The van der Waals surface area contributed by atoms with E-state index >= 15 is 0 Å². The molecule has 1 heterocycles. The molecule has 0 aliphatic carbocycles. The lowest BCUT2D eigenvalue weighted by Gasteiger charge is -2.12. The zero-order chi connectivity index (χ0) is 23.0. The Labute approximate surface area is 199 Å². The molecule has 0 radical (unpaired) electrons. The summed E-state index contributed by atoms with van der Waals surface area (Å²) in [5.74, 6) is -0.249. The van der Waals surface area contributed by atoms with Gasteiger partial charge >= 0.3 is 5.97 Å². The van der Waals surface area contributed by atoms with Gasteiger partial charge in [0.25, 0.3) is 0 Å². The van der Waals surface area contributed by atoms with E-state index in [4.69, 9.17) is 14.2 Å². The predicted octanol–water partition coefficient (Wildman–Crippen LogP) is 5.05. The minimum Gasteiger partial charge on any atom is -0.506 e. The van der Waals surface area contributed by atoms with Crippen molar-refractivity contribution in [3.05, 3.63) is 50.2 Å². The number of aliphatic imine (C=N–C) groups is 1. The lowest BCUT2D eigenvalue weighted by molar-refractivity contribution is -0.138. The second kappa shape index (κ2) is 11.9. The van der Waals surface area contributed by atoms with Crippen LogP contribution in [-0.2, 0) is 14.3 Å². The SMILES string of the molecule is C=CCOc1c(I)cc(/C=C2\SC(=NC(=O)CCC)C(C(=O)OCC)=C2O)cc1OC. The molecule has 1 aromatic rings. The summed E-state index contributed by atoms with van der Waals surface area (Å²) in [6, 6.07) is 3.60. The first-order valence-corrected chi connectivity index (χ1v) is 11.5. The second-order valence-electron chi connectivity index (χ2n) is 6.25. The zero-order valence-electron chi connectivity index (χ0n) is 17.6. The van der Waals surface area contributed by atoms with Gasteiger partial charge < -0.3 is 19.3 Å². The van der Waals surface area contributed by atoms with E-state index in [9.17, 15) is 14.7 Å². The molecule has 1 aliphatic rings. The van der Waals surface area contributed by atoms with E-state index in [-0.39, 0.29) is 35.3 Å². The Morgan fingerprint density at radius 1 is 1.32 bits per heavy atom. The Morgan fingerprint density at radius 3 is 2.68 bits per heavy atom. The Kier molecular flexibility index (Phi) is 9.63. The highest BCUT2D eigenvalue weighted by atomic mass is 127. The number of aliphatic hydroxyl groups is 1. The van der Waals surface area contributed by atoms with E-state index in [1.54, 1.807) is 25.1 Å². The minimum atomic E-state index is -0.723. The van der Waals surface area contributed by atoms with Crippen LogP contribution >= 0.6 is 34.4 Å². The number of amides is 1. The van der Waals surface area contributed by atoms with Gasteiger partial charge in [0.2, 0.25) is 5.91 Å². The molecule has 0 fully saturated rings. The quantitative estimate of drug-likeness (QED) is 0.258. The summed E-state index contributed by atoms with van der Waals surface area (Å²) in [7, 11) is 1.54. The zero-order valence-corrected chi connectivity index (χ0v) is 20.5. The molecule has 9 heteroatoms.